The lowest BCUT2D eigenvalue weighted by atomic mass is 9.65. The van der Waals surface area contributed by atoms with E-state index in [1.807, 2.05) is 6.07 Å². The van der Waals surface area contributed by atoms with Crippen LogP contribution in [0.25, 0.3) is 0 Å². The number of benzene rings is 2. The molecule has 3 fully saturated rings. The Bertz CT molecular complexity index is 1080. The van der Waals surface area contributed by atoms with E-state index in [1.54, 1.807) is 26.4 Å². The Hall–Kier alpha value is -2.84. The van der Waals surface area contributed by atoms with Gasteiger partial charge in [0.1, 0.15) is 5.82 Å². The molecule has 0 spiro atoms. The largest absolute Gasteiger partial charge is 0.493 e. The number of amides is 2. The number of hydrogen-bond donors (Lipinski definition) is 2. The summed E-state index contributed by atoms with van der Waals surface area (Å²) in [6, 6.07) is 12.8. The van der Waals surface area contributed by atoms with Crippen LogP contribution in [0.3, 0.4) is 0 Å². The number of nitrogens with zero attached hydrogens (tertiary/aromatic N) is 1. The molecule has 3 atom stereocenters. The van der Waals surface area contributed by atoms with Gasteiger partial charge in [0, 0.05) is 42.4 Å². The maximum atomic E-state index is 13.5. The number of halogens is 1. The minimum atomic E-state index is -0.372. The molecule has 2 heterocycles. The number of carbonyl (C=O) groups is 1. The van der Waals surface area contributed by atoms with Crippen molar-refractivity contribution >= 4 is 11.7 Å². The van der Waals surface area contributed by atoms with Crippen molar-refractivity contribution in [1.82, 2.24) is 10.2 Å². The Morgan fingerprint density at radius 2 is 1.86 bits per heavy atom. The standard InChI is InChI=1S/C28H36FN3O4/c1-34-24-7-6-19(16-25(24)35-2)28-11-8-22(31-27(33)30-21-5-3-4-20(29)17-21)18-26(28)32(13-12-28)23-9-14-36-15-10-23/h3-7,16-17,22-23,26H,8-15,18H2,1-2H3,(H2,30,31,33)/t22-,26+,28+/m1/s1. The Balaban J connectivity index is 1.37. The highest BCUT2D eigenvalue weighted by Crippen LogP contribution is 2.51. The Morgan fingerprint density at radius 3 is 2.61 bits per heavy atom. The van der Waals surface area contributed by atoms with Gasteiger partial charge in [-0.2, -0.15) is 0 Å². The fourth-order valence-corrected chi connectivity index (χ4v) is 6.57. The van der Waals surface area contributed by atoms with Crippen molar-refractivity contribution in [1.29, 1.82) is 0 Å². The number of rotatable bonds is 6. The van der Waals surface area contributed by atoms with E-state index in [0.717, 1.165) is 69.8 Å². The molecule has 2 aliphatic heterocycles. The first-order chi connectivity index (χ1) is 17.5. The van der Waals surface area contributed by atoms with Crippen LogP contribution in [0.15, 0.2) is 42.5 Å². The third kappa shape index (κ3) is 4.89. The molecule has 2 aromatic rings. The van der Waals surface area contributed by atoms with Gasteiger partial charge in [-0.05, 0) is 81.0 Å². The maximum Gasteiger partial charge on any atom is 0.319 e. The summed E-state index contributed by atoms with van der Waals surface area (Å²) in [6.07, 6.45) is 5.86. The number of methoxy groups -OCH3 is 2. The molecule has 7 nitrogen and oxygen atoms in total. The molecule has 1 aliphatic carbocycles. The number of ether oxygens (including phenoxy) is 3. The van der Waals surface area contributed by atoms with Crippen LogP contribution < -0.4 is 20.1 Å². The molecule has 5 rings (SSSR count). The van der Waals surface area contributed by atoms with E-state index in [2.05, 4.69) is 27.7 Å². The Labute approximate surface area is 212 Å². The smallest absolute Gasteiger partial charge is 0.319 e. The lowest BCUT2D eigenvalue weighted by molar-refractivity contribution is 0.0143. The second-order valence-corrected chi connectivity index (χ2v) is 10.2. The number of nitrogens with one attached hydrogen (secondary N) is 2. The summed E-state index contributed by atoms with van der Waals surface area (Å²) in [5.74, 6) is 1.11. The number of urea groups is 1. The van der Waals surface area contributed by atoms with Crippen molar-refractivity contribution < 1.29 is 23.4 Å². The number of carbonyl (C=O) groups excluding carboxylic acids is 1. The van der Waals surface area contributed by atoms with E-state index in [-0.39, 0.29) is 23.3 Å². The first-order valence-corrected chi connectivity index (χ1v) is 12.9. The molecule has 0 unspecified atom stereocenters. The van der Waals surface area contributed by atoms with Crippen LogP contribution in [-0.2, 0) is 10.2 Å². The van der Waals surface area contributed by atoms with Crippen LogP contribution in [0.4, 0.5) is 14.9 Å². The van der Waals surface area contributed by atoms with Crippen molar-refractivity contribution in [3.8, 4) is 11.5 Å². The number of hydrogen-bond acceptors (Lipinski definition) is 5. The van der Waals surface area contributed by atoms with E-state index < -0.39 is 0 Å². The quantitative estimate of drug-likeness (QED) is 0.605. The average Bonchev–Trinajstić information content (AvgIpc) is 3.28. The van der Waals surface area contributed by atoms with Crippen LogP contribution in [0.2, 0.25) is 0 Å². The van der Waals surface area contributed by atoms with Crippen molar-refractivity contribution in [3.05, 3.63) is 53.8 Å². The fraction of sp³-hybridized carbons (Fsp3) is 0.536. The molecule has 0 radical (unpaired) electrons. The van der Waals surface area contributed by atoms with Crippen molar-refractivity contribution in [3.63, 3.8) is 0 Å². The number of likely N-dealkylation sites (tertiary alicyclic amines) is 1. The molecule has 36 heavy (non-hydrogen) atoms. The average molecular weight is 498 g/mol. The second kappa shape index (κ2) is 10.6. The summed E-state index contributed by atoms with van der Waals surface area (Å²) < 4.78 is 30.3. The molecule has 194 valence electrons. The summed E-state index contributed by atoms with van der Waals surface area (Å²) in [5, 5.41) is 5.95. The predicted octanol–water partition coefficient (Wildman–Crippen LogP) is 4.71. The van der Waals surface area contributed by atoms with E-state index in [0.29, 0.717) is 17.8 Å². The highest BCUT2D eigenvalue weighted by Gasteiger charge is 2.53. The molecule has 0 bridgehead atoms. The van der Waals surface area contributed by atoms with Crippen LogP contribution in [-0.4, -0.2) is 63.0 Å². The normalized spacial score (nSPS) is 26.8. The topological polar surface area (TPSA) is 72.1 Å². The lowest BCUT2D eigenvalue weighted by Gasteiger charge is -2.47. The highest BCUT2D eigenvalue weighted by atomic mass is 19.1. The molecule has 0 aromatic heterocycles. The number of fused-ring (bicyclic) bond motifs is 1. The van der Waals surface area contributed by atoms with E-state index in [1.165, 1.54) is 17.7 Å². The number of anilines is 1. The van der Waals surface area contributed by atoms with Crippen LogP contribution in [0, 0.1) is 5.82 Å². The molecule has 2 N–H and O–H groups in total. The van der Waals surface area contributed by atoms with Gasteiger partial charge in [-0.25, -0.2) is 9.18 Å². The van der Waals surface area contributed by atoms with Gasteiger partial charge < -0.3 is 24.8 Å². The van der Waals surface area contributed by atoms with Gasteiger partial charge >= 0.3 is 6.03 Å². The monoisotopic (exact) mass is 497 g/mol. The highest BCUT2D eigenvalue weighted by molar-refractivity contribution is 5.89. The molecule has 2 aromatic carbocycles. The van der Waals surface area contributed by atoms with Crippen molar-refractivity contribution in [2.75, 3.05) is 39.3 Å². The van der Waals surface area contributed by atoms with Crippen molar-refractivity contribution in [2.45, 2.75) is 62.1 Å². The summed E-state index contributed by atoms with van der Waals surface area (Å²) in [5.41, 5.74) is 1.73. The van der Waals surface area contributed by atoms with Gasteiger partial charge in [-0.3, -0.25) is 4.90 Å². The van der Waals surface area contributed by atoms with Crippen molar-refractivity contribution in [2.24, 2.45) is 0 Å². The zero-order valence-corrected chi connectivity index (χ0v) is 21.1. The van der Waals surface area contributed by atoms with Gasteiger partial charge in [0.2, 0.25) is 0 Å². The zero-order chi connectivity index (χ0) is 25.1. The molecule has 3 aliphatic rings. The first-order valence-electron chi connectivity index (χ1n) is 12.9. The molecular formula is C28H36FN3O4. The van der Waals surface area contributed by atoms with Crippen LogP contribution in [0.1, 0.15) is 44.1 Å². The van der Waals surface area contributed by atoms with Gasteiger partial charge in [-0.1, -0.05) is 12.1 Å². The third-order valence-corrected chi connectivity index (χ3v) is 8.34. The van der Waals surface area contributed by atoms with Crippen LogP contribution >= 0.6 is 0 Å². The zero-order valence-electron chi connectivity index (χ0n) is 21.1. The van der Waals surface area contributed by atoms with Crippen LogP contribution in [0.5, 0.6) is 11.5 Å². The Morgan fingerprint density at radius 1 is 1.06 bits per heavy atom. The first kappa shape index (κ1) is 24.8. The summed E-state index contributed by atoms with van der Waals surface area (Å²) >= 11 is 0. The van der Waals surface area contributed by atoms with E-state index >= 15 is 0 Å². The molecule has 2 amide bonds. The predicted molar refractivity (Wildman–Crippen MR) is 136 cm³/mol. The molecule has 8 heteroatoms. The van der Waals surface area contributed by atoms with E-state index in [9.17, 15) is 9.18 Å². The summed E-state index contributed by atoms with van der Waals surface area (Å²) in [6.45, 7) is 2.63. The molecular weight excluding hydrogens is 461 g/mol. The summed E-state index contributed by atoms with van der Waals surface area (Å²) in [4.78, 5) is 15.4. The van der Waals surface area contributed by atoms with Gasteiger partial charge in [-0.15, -0.1) is 0 Å². The van der Waals surface area contributed by atoms with Gasteiger partial charge in [0.15, 0.2) is 11.5 Å². The molecule has 2 saturated heterocycles. The summed E-state index contributed by atoms with van der Waals surface area (Å²) in [7, 11) is 3.34. The van der Waals surface area contributed by atoms with Gasteiger partial charge in [0.05, 0.1) is 14.2 Å². The lowest BCUT2D eigenvalue weighted by Crippen LogP contribution is -2.55. The van der Waals surface area contributed by atoms with Gasteiger partial charge in [0.25, 0.3) is 0 Å². The minimum Gasteiger partial charge on any atom is -0.493 e. The second-order valence-electron chi connectivity index (χ2n) is 10.2. The fourth-order valence-electron chi connectivity index (χ4n) is 6.57. The Kier molecular flexibility index (Phi) is 7.34. The van der Waals surface area contributed by atoms with E-state index in [4.69, 9.17) is 14.2 Å². The third-order valence-electron chi connectivity index (χ3n) is 8.34. The minimum absolute atomic E-state index is 0.00489. The maximum absolute atomic E-state index is 13.5. The molecule has 1 saturated carbocycles. The SMILES string of the molecule is COc1ccc([C@@]23CC[C@@H](NC(=O)Nc4cccc(F)c4)C[C@@H]2N(C2CCOCC2)CC3)cc1OC.